The van der Waals surface area contributed by atoms with Crippen molar-refractivity contribution in [3.63, 3.8) is 0 Å². The average molecular weight is 357 g/mol. The SMILES string of the molecule is FC(F)(F)C1(C(F)(F)F)[C@H]2C[C@H]3[C@@H]([C@H]2I)N31. The van der Waals surface area contributed by atoms with Crippen LogP contribution in [-0.2, 0) is 0 Å². The van der Waals surface area contributed by atoms with Gasteiger partial charge in [-0.15, -0.1) is 0 Å². The second-order valence-electron chi connectivity index (χ2n) is 4.51. The van der Waals surface area contributed by atoms with Crippen molar-refractivity contribution < 1.29 is 26.3 Å². The van der Waals surface area contributed by atoms with Gasteiger partial charge in [0.2, 0.25) is 5.54 Å². The zero-order valence-electron chi connectivity index (χ0n) is 7.61. The fraction of sp³-hybridized carbons (Fsp3) is 1.00. The Morgan fingerprint density at radius 3 is 1.69 bits per heavy atom. The first kappa shape index (κ1) is 11.4. The second kappa shape index (κ2) is 2.65. The minimum absolute atomic E-state index is 0.0251. The minimum Gasteiger partial charge on any atom is -0.272 e. The van der Waals surface area contributed by atoms with Crippen LogP contribution in [0.25, 0.3) is 0 Å². The number of alkyl halides is 7. The molecule has 4 fully saturated rings. The fourth-order valence-electron chi connectivity index (χ4n) is 3.51. The molecule has 4 aliphatic rings. The molecule has 0 radical (unpaired) electrons. The Labute approximate surface area is 100 Å². The summed E-state index contributed by atoms with van der Waals surface area (Å²) in [5.41, 5.74) is -3.57. The highest BCUT2D eigenvalue weighted by atomic mass is 127. The molecule has 8 heteroatoms. The van der Waals surface area contributed by atoms with Gasteiger partial charge in [0, 0.05) is 21.9 Å². The molecule has 4 rings (SSSR count). The molecule has 1 unspecified atom stereocenters. The number of hydrogen-bond acceptors (Lipinski definition) is 1. The molecule has 0 N–H and O–H groups in total. The van der Waals surface area contributed by atoms with Gasteiger partial charge in [0.1, 0.15) is 0 Å². The Hall–Kier alpha value is 0.270. The Morgan fingerprint density at radius 1 is 1.06 bits per heavy atom. The number of hydrogen-bond donors (Lipinski definition) is 0. The van der Waals surface area contributed by atoms with E-state index in [1.54, 1.807) is 22.6 Å². The van der Waals surface area contributed by atoms with E-state index in [9.17, 15) is 26.3 Å². The van der Waals surface area contributed by atoms with Gasteiger partial charge < -0.3 is 0 Å². The molecule has 92 valence electrons. The van der Waals surface area contributed by atoms with Crippen LogP contribution in [-0.4, -0.2) is 38.8 Å². The molecule has 1 aliphatic carbocycles. The summed E-state index contributed by atoms with van der Waals surface area (Å²) in [5.74, 6) is -1.33. The molecular formula is C8H6F6IN. The summed E-state index contributed by atoms with van der Waals surface area (Å²) in [4.78, 5) is 0.634. The summed E-state index contributed by atoms with van der Waals surface area (Å²) in [6.07, 6.45) is -10.4. The third-order valence-electron chi connectivity index (χ3n) is 4.00. The molecule has 0 aromatic rings. The van der Waals surface area contributed by atoms with Crippen LogP contribution < -0.4 is 0 Å². The first-order valence-electron chi connectivity index (χ1n) is 4.70. The van der Waals surface area contributed by atoms with E-state index in [1.165, 1.54) is 0 Å². The number of halogens is 7. The zero-order valence-corrected chi connectivity index (χ0v) is 9.77. The van der Waals surface area contributed by atoms with E-state index >= 15 is 0 Å². The van der Waals surface area contributed by atoms with E-state index in [-0.39, 0.29) is 6.42 Å². The van der Waals surface area contributed by atoms with Crippen molar-refractivity contribution in [2.45, 2.75) is 40.3 Å². The zero-order chi connectivity index (χ0) is 12.1. The van der Waals surface area contributed by atoms with E-state index in [0.29, 0.717) is 4.90 Å². The highest BCUT2D eigenvalue weighted by Crippen LogP contribution is 2.73. The highest BCUT2D eigenvalue weighted by molar-refractivity contribution is 14.1. The van der Waals surface area contributed by atoms with Crippen LogP contribution in [0.4, 0.5) is 26.3 Å². The molecule has 4 bridgehead atoms. The van der Waals surface area contributed by atoms with Gasteiger partial charge in [0.05, 0.1) is 0 Å². The smallest absolute Gasteiger partial charge is 0.272 e. The van der Waals surface area contributed by atoms with Gasteiger partial charge in [-0.25, -0.2) is 0 Å². The monoisotopic (exact) mass is 357 g/mol. The normalized spacial score (nSPS) is 48.6. The molecule has 1 nitrogen and oxygen atoms in total. The summed E-state index contributed by atoms with van der Waals surface area (Å²) in [6.45, 7) is 0. The van der Waals surface area contributed by atoms with E-state index in [2.05, 4.69) is 0 Å². The van der Waals surface area contributed by atoms with Crippen LogP contribution >= 0.6 is 22.6 Å². The maximum atomic E-state index is 12.9. The summed E-state index contributed by atoms with van der Waals surface area (Å²) in [6, 6.07) is -1.02. The van der Waals surface area contributed by atoms with Crippen LogP contribution in [0, 0.1) is 5.92 Å². The molecule has 3 heterocycles. The first-order chi connectivity index (χ1) is 7.14. The van der Waals surface area contributed by atoms with Crippen LogP contribution in [0.5, 0.6) is 0 Å². The molecule has 3 saturated heterocycles. The van der Waals surface area contributed by atoms with E-state index < -0.39 is 39.8 Å². The van der Waals surface area contributed by atoms with Crippen LogP contribution in [0.15, 0.2) is 0 Å². The van der Waals surface area contributed by atoms with Crippen molar-refractivity contribution >= 4 is 22.6 Å². The second-order valence-corrected chi connectivity index (χ2v) is 5.95. The van der Waals surface area contributed by atoms with Crippen molar-refractivity contribution in [2.75, 3.05) is 0 Å². The van der Waals surface area contributed by atoms with Gasteiger partial charge >= 0.3 is 12.4 Å². The lowest BCUT2D eigenvalue weighted by atomic mass is 9.85. The van der Waals surface area contributed by atoms with Crippen molar-refractivity contribution in [1.82, 2.24) is 4.90 Å². The minimum atomic E-state index is -5.24. The summed E-state index contributed by atoms with van der Waals surface area (Å²) in [7, 11) is 0. The molecule has 0 aromatic carbocycles. The van der Waals surface area contributed by atoms with Crippen LogP contribution in [0.1, 0.15) is 6.42 Å². The molecular weight excluding hydrogens is 351 g/mol. The lowest BCUT2D eigenvalue weighted by molar-refractivity contribution is -0.327. The number of nitrogens with zero attached hydrogens (tertiary/aromatic N) is 1. The highest BCUT2D eigenvalue weighted by Gasteiger charge is 2.92. The third kappa shape index (κ3) is 0.920. The molecule has 1 saturated carbocycles. The summed E-state index contributed by atoms with van der Waals surface area (Å²) < 4.78 is 76.7. The van der Waals surface area contributed by atoms with Gasteiger partial charge in [-0.05, 0) is 6.42 Å². The molecule has 5 atom stereocenters. The predicted octanol–water partition coefficient (Wildman–Crippen LogP) is 2.74. The molecule has 0 amide bonds. The maximum absolute atomic E-state index is 12.9. The Balaban J connectivity index is 2.14. The third-order valence-corrected chi connectivity index (χ3v) is 5.60. The molecule has 0 spiro atoms. The van der Waals surface area contributed by atoms with Gasteiger partial charge in [-0.2, -0.15) is 26.3 Å². The largest absolute Gasteiger partial charge is 0.416 e. The van der Waals surface area contributed by atoms with E-state index in [1.807, 2.05) is 0 Å². The lowest BCUT2D eigenvalue weighted by Crippen LogP contribution is -2.63. The van der Waals surface area contributed by atoms with E-state index in [4.69, 9.17) is 0 Å². The maximum Gasteiger partial charge on any atom is 0.416 e. The fourth-order valence-corrected chi connectivity index (χ4v) is 5.15. The van der Waals surface area contributed by atoms with E-state index in [0.717, 1.165) is 0 Å². The molecule has 0 aromatic heterocycles. The lowest BCUT2D eigenvalue weighted by Gasteiger charge is -2.37. The van der Waals surface area contributed by atoms with Gasteiger partial charge in [0.15, 0.2) is 0 Å². The predicted molar refractivity (Wildman–Crippen MR) is 50.2 cm³/mol. The van der Waals surface area contributed by atoms with Crippen molar-refractivity contribution in [3.8, 4) is 0 Å². The standard InChI is InChI=1S/C8H6F6IN/c9-7(10,11)6(8(12,13)14)2-1-3-5(4(2)15)16(3)6/h2-5H,1H2/t2-,3-,4-,5-,16?/m0/s1. The van der Waals surface area contributed by atoms with Gasteiger partial charge in [0.25, 0.3) is 0 Å². The summed E-state index contributed by atoms with van der Waals surface area (Å²) in [5, 5.41) is 0. The quantitative estimate of drug-likeness (QED) is 0.279. The Kier molecular flexibility index (Phi) is 1.88. The van der Waals surface area contributed by atoms with Crippen molar-refractivity contribution in [1.29, 1.82) is 0 Å². The summed E-state index contributed by atoms with van der Waals surface area (Å²) >= 11 is 1.73. The Bertz CT molecular complexity index is 335. The topological polar surface area (TPSA) is 3.01 Å². The first-order valence-corrected chi connectivity index (χ1v) is 5.94. The van der Waals surface area contributed by atoms with Crippen LogP contribution in [0.3, 0.4) is 0 Å². The number of rotatable bonds is 0. The molecule has 16 heavy (non-hydrogen) atoms. The van der Waals surface area contributed by atoms with Crippen molar-refractivity contribution in [3.05, 3.63) is 0 Å². The Morgan fingerprint density at radius 2 is 1.56 bits per heavy atom. The van der Waals surface area contributed by atoms with Gasteiger partial charge in [-0.3, -0.25) is 4.90 Å². The number of piperidine rings is 3. The van der Waals surface area contributed by atoms with Gasteiger partial charge in [-0.1, -0.05) is 22.6 Å². The average Bonchev–Trinajstić information content (AvgIpc) is 2.43. The molecule has 3 aliphatic heterocycles. The van der Waals surface area contributed by atoms with Crippen LogP contribution in [0.2, 0.25) is 0 Å². The van der Waals surface area contributed by atoms with Crippen molar-refractivity contribution in [2.24, 2.45) is 5.92 Å².